The van der Waals surface area contributed by atoms with E-state index < -0.39 is 6.17 Å². The van der Waals surface area contributed by atoms with Crippen molar-refractivity contribution in [2.24, 2.45) is 21.8 Å². The number of hydrazine groups is 1. The zero-order valence-corrected chi connectivity index (χ0v) is 10.4. The van der Waals surface area contributed by atoms with Gasteiger partial charge in [-0.2, -0.15) is 10.2 Å². The van der Waals surface area contributed by atoms with E-state index in [-0.39, 0.29) is 0 Å². The molecule has 1 heterocycles. The van der Waals surface area contributed by atoms with E-state index in [1.807, 2.05) is 0 Å². The van der Waals surface area contributed by atoms with Crippen LogP contribution in [0.4, 0.5) is 5.69 Å². The predicted molar refractivity (Wildman–Crippen MR) is 71.6 cm³/mol. The SMILES string of the molecule is COc1ccc(NN=C2C=NN(N)C2N)cc1Cl. The van der Waals surface area contributed by atoms with Crippen molar-refractivity contribution in [1.29, 1.82) is 0 Å². The number of ether oxygens (including phenoxy) is 1. The maximum absolute atomic E-state index is 5.98. The van der Waals surface area contributed by atoms with E-state index in [1.165, 1.54) is 6.21 Å². The molecule has 1 aromatic rings. The molecular formula is C10H13ClN6O. The summed E-state index contributed by atoms with van der Waals surface area (Å²) in [5.74, 6) is 6.06. The summed E-state index contributed by atoms with van der Waals surface area (Å²) >= 11 is 5.98. The van der Waals surface area contributed by atoms with Crippen molar-refractivity contribution in [3.8, 4) is 5.75 Å². The van der Waals surface area contributed by atoms with Crippen molar-refractivity contribution < 1.29 is 4.74 Å². The highest BCUT2D eigenvalue weighted by Gasteiger charge is 2.20. The fraction of sp³-hybridized carbons (Fsp3) is 0.200. The number of methoxy groups -OCH3 is 1. The van der Waals surface area contributed by atoms with Gasteiger partial charge in [0.05, 0.1) is 24.0 Å². The van der Waals surface area contributed by atoms with Crippen molar-refractivity contribution in [2.75, 3.05) is 12.5 Å². The van der Waals surface area contributed by atoms with E-state index in [4.69, 9.17) is 27.9 Å². The molecule has 0 fully saturated rings. The smallest absolute Gasteiger partial charge is 0.157 e. The molecule has 1 aromatic carbocycles. The lowest BCUT2D eigenvalue weighted by Gasteiger charge is -2.12. The van der Waals surface area contributed by atoms with Gasteiger partial charge in [-0.1, -0.05) is 11.6 Å². The van der Waals surface area contributed by atoms with Crippen LogP contribution < -0.4 is 21.7 Å². The monoisotopic (exact) mass is 268 g/mol. The van der Waals surface area contributed by atoms with Crippen LogP contribution in [0.5, 0.6) is 5.75 Å². The van der Waals surface area contributed by atoms with E-state index in [0.717, 1.165) is 5.12 Å². The van der Waals surface area contributed by atoms with Crippen LogP contribution >= 0.6 is 11.6 Å². The Morgan fingerprint density at radius 3 is 2.89 bits per heavy atom. The Balaban J connectivity index is 2.09. The number of hydrogen-bond donors (Lipinski definition) is 3. The van der Waals surface area contributed by atoms with Crippen LogP contribution in [-0.2, 0) is 0 Å². The minimum atomic E-state index is -0.550. The maximum atomic E-state index is 5.98. The number of benzene rings is 1. The molecule has 1 atom stereocenters. The van der Waals surface area contributed by atoms with Gasteiger partial charge in [-0.3, -0.25) is 5.43 Å². The second-order valence-electron chi connectivity index (χ2n) is 3.57. The molecule has 0 amide bonds. The first-order valence-corrected chi connectivity index (χ1v) is 5.50. The highest BCUT2D eigenvalue weighted by molar-refractivity contribution is 6.34. The third-order valence-electron chi connectivity index (χ3n) is 2.38. The van der Waals surface area contributed by atoms with Crippen LogP contribution in [0.2, 0.25) is 5.02 Å². The Morgan fingerprint density at radius 1 is 1.56 bits per heavy atom. The third kappa shape index (κ3) is 2.53. The predicted octanol–water partition coefficient (Wildman–Crippen LogP) is 0.576. The Labute approximate surface area is 109 Å². The van der Waals surface area contributed by atoms with Crippen molar-refractivity contribution in [1.82, 2.24) is 5.12 Å². The quantitative estimate of drug-likeness (QED) is 0.550. The molecule has 0 saturated carbocycles. The number of anilines is 1. The molecule has 0 radical (unpaired) electrons. The lowest BCUT2D eigenvalue weighted by Crippen LogP contribution is -2.44. The van der Waals surface area contributed by atoms with E-state index >= 15 is 0 Å². The van der Waals surface area contributed by atoms with E-state index in [2.05, 4.69) is 15.6 Å². The molecule has 5 N–H and O–H groups in total. The second kappa shape index (κ2) is 5.21. The standard InChI is InChI=1S/C10H13ClN6O/c1-18-9-3-2-6(4-7(9)11)15-16-8-5-14-17(13)10(8)12/h2-5,10,15H,12-13H2,1H3. The average Bonchev–Trinajstić information content (AvgIpc) is 2.68. The summed E-state index contributed by atoms with van der Waals surface area (Å²) < 4.78 is 5.05. The fourth-order valence-electron chi connectivity index (χ4n) is 1.37. The molecule has 2 rings (SSSR count). The summed E-state index contributed by atoms with van der Waals surface area (Å²) in [5, 5.41) is 9.51. The zero-order valence-electron chi connectivity index (χ0n) is 9.67. The van der Waals surface area contributed by atoms with Gasteiger partial charge in [0.2, 0.25) is 0 Å². The lowest BCUT2D eigenvalue weighted by atomic mass is 10.3. The Kier molecular flexibility index (Phi) is 3.66. The highest BCUT2D eigenvalue weighted by atomic mass is 35.5. The molecule has 0 bridgehead atoms. The molecule has 8 heteroatoms. The summed E-state index contributed by atoms with van der Waals surface area (Å²) in [4.78, 5) is 0. The second-order valence-corrected chi connectivity index (χ2v) is 3.97. The Morgan fingerprint density at radius 2 is 2.33 bits per heavy atom. The van der Waals surface area contributed by atoms with Crippen LogP contribution in [0.25, 0.3) is 0 Å². The molecule has 1 aliphatic rings. The maximum Gasteiger partial charge on any atom is 0.157 e. The van der Waals surface area contributed by atoms with Crippen LogP contribution in [0.3, 0.4) is 0 Å². The Bertz CT molecular complexity index is 503. The van der Waals surface area contributed by atoms with Crippen LogP contribution in [-0.4, -0.2) is 30.3 Å². The lowest BCUT2D eigenvalue weighted by molar-refractivity contribution is 0.280. The normalized spacial score (nSPS) is 20.6. The first-order valence-electron chi connectivity index (χ1n) is 5.12. The molecule has 0 aromatic heterocycles. The summed E-state index contributed by atoms with van der Waals surface area (Å²) in [6.07, 6.45) is 0.939. The van der Waals surface area contributed by atoms with Crippen LogP contribution in [0.1, 0.15) is 0 Å². The van der Waals surface area contributed by atoms with Gasteiger partial charge in [0.1, 0.15) is 11.5 Å². The number of hydrazone groups is 2. The third-order valence-corrected chi connectivity index (χ3v) is 2.67. The van der Waals surface area contributed by atoms with Gasteiger partial charge in [0, 0.05) is 0 Å². The van der Waals surface area contributed by atoms with Crippen molar-refractivity contribution in [2.45, 2.75) is 6.17 Å². The first kappa shape index (κ1) is 12.6. The van der Waals surface area contributed by atoms with Crippen molar-refractivity contribution in [3.05, 3.63) is 23.2 Å². The summed E-state index contributed by atoms with van der Waals surface area (Å²) in [7, 11) is 1.55. The van der Waals surface area contributed by atoms with Gasteiger partial charge in [-0.25, -0.2) is 11.0 Å². The molecule has 1 aliphatic heterocycles. The number of rotatable bonds is 3. The number of halogens is 1. The largest absolute Gasteiger partial charge is 0.495 e. The van der Waals surface area contributed by atoms with E-state index in [9.17, 15) is 0 Å². The molecule has 1 unspecified atom stereocenters. The minimum absolute atomic E-state index is 0.493. The Hall–Kier alpha value is -1.83. The molecule has 96 valence electrons. The average molecular weight is 269 g/mol. The van der Waals surface area contributed by atoms with Gasteiger partial charge < -0.3 is 10.5 Å². The minimum Gasteiger partial charge on any atom is -0.495 e. The number of hydrogen-bond acceptors (Lipinski definition) is 7. The highest BCUT2D eigenvalue weighted by Crippen LogP contribution is 2.27. The fourth-order valence-corrected chi connectivity index (χ4v) is 1.63. The molecule has 18 heavy (non-hydrogen) atoms. The number of nitrogens with one attached hydrogen (secondary N) is 1. The van der Waals surface area contributed by atoms with Gasteiger partial charge >= 0.3 is 0 Å². The molecule has 0 aliphatic carbocycles. The molecular weight excluding hydrogens is 256 g/mol. The molecule has 0 saturated heterocycles. The first-order chi connectivity index (χ1) is 8.61. The summed E-state index contributed by atoms with van der Waals surface area (Å²) in [6.45, 7) is 0. The van der Waals surface area contributed by atoms with Gasteiger partial charge in [-0.05, 0) is 18.2 Å². The topological polar surface area (TPSA) is 101 Å². The van der Waals surface area contributed by atoms with Crippen molar-refractivity contribution >= 4 is 29.2 Å². The van der Waals surface area contributed by atoms with Gasteiger partial charge in [0.25, 0.3) is 0 Å². The molecule has 7 nitrogen and oxygen atoms in total. The van der Waals surface area contributed by atoms with E-state index in [1.54, 1.807) is 25.3 Å². The van der Waals surface area contributed by atoms with Crippen molar-refractivity contribution in [3.63, 3.8) is 0 Å². The molecule has 0 spiro atoms. The number of nitrogens with two attached hydrogens (primary N) is 2. The van der Waals surface area contributed by atoms with Gasteiger partial charge in [-0.15, -0.1) is 0 Å². The van der Waals surface area contributed by atoms with Gasteiger partial charge in [0.15, 0.2) is 6.17 Å². The van der Waals surface area contributed by atoms with Crippen LogP contribution in [0, 0.1) is 0 Å². The number of nitrogens with zero attached hydrogens (tertiary/aromatic N) is 3. The summed E-state index contributed by atoms with van der Waals surface area (Å²) in [5.41, 5.74) is 9.79. The van der Waals surface area contributed by atoms with E-state index in [0.29, 0.717) is 22.2 Å². The van der Waals surface area contributed by atoms with Crippen LogP contribution in [0.15, 0.2) is 28.4 Å². The summed E-state index contributed by atoms with van der Waals surface area (Å²) in [6, 6.07) is 5.22. The zero-order chi connectivity index (χ0) is 13.1.